The summed E-state index contributed by atoms with van der Waals surface area (Å²) in [7, 11) is 0. The summed E-state index contributed by atoms with van der Waals surface area (Å²) in [6, 6.07) is 0.880. The third-order valence-electron chi connectivity index (χ3n) is 4.71. The van der Waals surface area contributed by atoms with E-state index in [4.69, 9.17) is 0 Å². The van der Waals surface area contributed by atoms with Crippen LogP contribution in [0.2, 0.25) is 0 Å². The lowest BCUT2D eigenvalue weighted by Crippen LogP contribution is -2.57. The minimum Gasteiger partial charge on any atom is -0.316 e. The van der Waals surface area contributed by atoms with E-state index in [0.717, 1.165) is 17.9 Å². The zero-order valence-corrected chi connectivity index (χ0v) is 13.2. The number of nitrogens with one attached hydrogen (secondary N) is 1. The van der Waals surface area contributed by atoms with E-state index in [9.17, 15) is 0 Å². The Kier molecular flexibility index (Phi) is 6.11. The van der Waals surface area contributed by atoms with Crippen molar-refractivity contribution in [3.63, 3.8) is 0 Å². The van der Waals surface area contributed by atoms with Crippen LogP contribution in [0.15, 0.2) is 0 Å². The molecule has 3 heteroatoms. The maximum Gasteiger partial charge on any atom is 0.0137 e. The van der Waals surface area contributed by atoms with Crippen LogP contribution in [0.3, 0.4) is 0 Å². The molecule has 19 heavy (non-hydrogen) atoms. The molecule has 2 fully saturated rings. The molecule has 0 bridgehead atoms. The van der Waals surface area contributed by atoms with Crippen molar-refractivity contribution in [1.29, 1.82) is 0 Å². The van der Waals surface area contributed by atoms with Gasteiger partial charge in [-0.2, -0.15) is 0 Å². The average Bonchev–Trinajstić information content (AvgIpc) is 2.35. The molecular formula is C16H33N3. The van der Waals surface area contributed by atoms with E-state index in [1.54, 1.807) is 0 Å². The monoisotopic (exact) mass is 267 g/mol. The minimum atomic E-state index is 0.807. The van der Waals surface area contributed by atoms with E-state index in [1.807, 2.05) is 0 Å². The molecule has 112 valence electrons. The lowest BCUT2D eigenvalue weighted by atomic mass is 9.78. The summed E-state index contributed by atoms with van der Waals surface area (Å²) >= 11 is 0. The molecule has 1 aliphatic heterocycles. The average molecular weight is 267 g/mol. The van der Waals surface area contributed by atoms with E-state index in [1.165, 1.54) is 65.1 Å². The fourth-order valence-electron chi connectivity index (χ4n) is 3.53. The van der Waals surface area contributed by atoms with E-state index in [0.29, 0.717) is 0 Å². The van der Waals surface area contributed by atoms with E-state index < -0.39 is 0 Å². The highest BCUT2D eigenvalue weighted by Crippen LogP contribution is 2.32. The van der Waals surface area contributed by atoms with Gasteiger partial charge in [0.15, 0.2) is 0 Å². The van der Waals surface area contributed by atoms with Gasteiger partial charge in [-0.1, -0.05) is 20.8 Å². The summed E-state index contributed by atoms with van der Waals surface area (Å²) in [5.74, 6) is 1.73. The van der Waals surface area contributed by atoms with E-state index >= 15 is 0 Å². The summed E-state index contributed by atoms with van der Waals surface area (Å²) < 4.78 is 0. The summed E-state index contributed by atoms with van der Waals surface area (Å²) in [6.07, 6.45) is 4.13. The van der Waals surface area contributed by atoms with Crippen molar-refractivity contribution in [3.8, 4) is 0 Å². The zero-order chi connectivity index (χ0) is 13.7. The van der Waals surface area contributed by atoms with Gasteiger partial charge in [0.2, 0.25) is 0 Å². The molecular weight excluding hydrogens is 234 g/mol. The summed E-state index contributed by atoms with van der Waals surface area (Å²) in [6.45, 7) is 15.8. The largest absolute Gasteiger partial charge is 0.316 e. The number of hydrogen-bond donors (Lipinski definition) is 1. The Bertz CT molecular complexity index is 246. The fourth-order valence-corrected chi connectivity index (χ4v) is 3.53. The van der Waals surface area contributed by atoms with Crippen LogP contribution >= 0.6 is 0 Å². The molecule has 2 rings (SSSR count). The lowest BCUT2D eigenvalue weighted by Gasteiger charge is -2.48. The van der Waals surface area contributed by atoms with Crippen molar-refractivity contribution in [2.75, 3.05) is 45.8 Å². The van der Waals surface area contributed by atoms with Crippen LogP contribution in [0.4, 0.5) is 0 Å². The van der Waals surface area contributed by atoms with Gasteiger partial charge in [0, 0.05) is 38.8 Å². The highest BCUT2D eigenvalue weighted by Gasteiger charge is 2.36. The molecule has 2 unspecified atom stereocenters. The molecule has 1 aliphatic carbocycles. The Morgan fingerprint density at radius 3 is 2.37 bits per heavy atom. The molecule has 0 aromatic heterocycles. The quantitative estimate of drug-likeness (QED) is 0.712. The molecule has 0 radical (unpaired) electrons. The second-order valence-electron chi connectivity index (χ2n) is 6.84. The maximum absolute atomic E-state index is 3.60. The lowest BCUT2D eigenvalue weighted by molar-refractivity contribution is 0.0186. The molecule has 1 saturated carbocycles. The van der Waals surface area contributed by atoms with Gasteiger partial charge in [-0.05, 0) is 44.2 Å². The first-order valence-electron chi connectivity index (χ1n) is 8.37. The molecule has 0 aromatic rings. The van der Waals surface area contributed by atoms with Gasteiger partial charge in [-0.3, -0.25) is 4.90 Å². The van der Waals surface area contributed by atoms with Gasteiger partial charge in [-0.25, -0.2) is 0 Å². The van der Waals surface area contributed by atoms with Crippen LogP contribution in [-0.4, -0.2) is 61.7 Å². The van der Waals surface area contributed by atoms with Gasteiger partial charge in [-0.15, -0.1) is 0 Å². The van der Waals surface area contributed by atoms with E-state index in [2.05, 4.69) is 35.9 Å². The van der Waals surface area contributed by atoms with Gasteiger partial charge in [0.05, 0.1) is 0 Å². The summed E-state index contributed by atoms with van der Waals surface area (Å²) in [4.78, 5) is 5.41. The Hall–Kier alpha value is -0.120. The summed E-state index contributed by atoms with van der Waals surface area (Å²) in [5, 5.41) is 3.60. The number of hydrogen-bond acceptors (Lipinski definition) is 3. The minimum absolute atomic E-state index is 0.807. The first-order valence-corrected chi connectivity index (χ1v) is 8.37. The molecule has 1 N–H and O–H groups in total. The van der Waals surface area contributed by atoms with Crippen LogP contribution < -0.4 is 5.32 Å². The Morgan fingerprint density at radius 1 is 1.11 bits per heavy atom. The second-order valence-corrected chi connectivity index (χ2v) is 6.84. The van der Waals surface area contributed by atoms with Gasteiger partial charge < -0.3 is 10.2 Å². The van der Waals surface area contributed by atoms with Crippen LogP contribution in [-0.2, 0) is 0 Å². The van der Waals surface area contributed by atoms with Gasteiger partial charge >= 0.3 is 0 Å². The number of piperazine rings is 1. The smallest absolute Gasteiger partial charge is 0.0137 e. The molecule has 2 aliphatic rings. The second kappa shape index (κ2) is 7.61. The molecule has 0 spiro atoms. The van der Waals surface area contributed by atoms with Crippen LogP contribution in [0.25, 0.3) is 0 Å². The van der Waals surface area contributed by atoms with E-state index in [-0.39, 0.29) is 0 Å². The van der Waals surface area contributed by atoms with Crippen molar-refractivity contribution >= 4 is 0 Å². The molecule has 3 nitrogen and oxygen atoms in total. The first kappa shape index (κ1) is 15.3. The highest BCUT2D eigenvalue weighted by atomic mass is 15.3. The number of nitrogens with zero attached hydrogens (tertiary/aromatic N) is 2. The topological polar surface area (TPSA) is 18.5 Å². The standard InChI is InChI=1S/C16H33N3/c1-4-7-17-12-15-5-6-16(15)19-10-8-18(9-11-19)13-14(2)3/h14-17H,4-13H2,1-3H3. The van der Waals surface area contributed by atoms with Crippen LogP contribution in [0.1, 0.15) is 40.0 Å². The van der Waals surface area contributed by atoms with Crippen molar-refractivity contribution in [2.24, 2.45) is 11.8 Å². The van der Waals surface area contributed by atoms with Crippen molar-refractivity contribution < 1.29 is 0 Å². The molecule has 2 atom stereocenters. The highest BCUT2D eigenvalue weighted by molar-refractivity contribution is 4.92. The van der Waals surface area contributed by atoms with Crippen molar-refractivity contribution in [1.82, 2.24) is 15.1 Å². The number of rotatable bonds is 7. The predicted octanol–water partition coefficient (Wildman–Crippen LogP) is 2.04. The van der Waals surface area contributed by atoms with Crippen molar-refractivity contribution in [2.45, 2.75) is 46.1 Å². The van der Waals surface area contributed by atoms with Gasteiger partial charge in [0.25, 0.3) is 0 Å². The molecule has 0 amide bonds. The Labute approximate surface area is 119 Å². The van der Waals surface area contributed by atoms with Gasteiger partial charge in [0.1, 0.15) is 0 Å². The third-order valence-corrected chi connectivity index (χ3v) is 4.71. The fraction of sp³-hybridized carbons (Fsp3) is 1.00. The molecule has 1 heterocycles. The van der Waals surface area contributed by atoms with Crippen LogP contribution in [0.5, 0.6) is 0 Å². The summed E-state index contributed by atoms with van der Waals surface area (Å²) in [5.41, 5.74) is 0. The predicted molar refractivity (Wildman–Crippen MR) is 82.5 cm³/mol. The first-order chi connectivity index (χ1) is 9.20. The van der Waals surface area contributed by atoms with Crippen molar-refractivity contribution in [3.05, 3.63) is 0 Å². The van der Waals surface area contributed by atoms with Crippen LogP contribution in [0, 0.1) is 11.8 Å². The molecule has 1 saturated heterocycles. The maximum atomic E-state index is 3.60. The third kappa shape index (κ3) is 4.44. The SMILES string of the molecule is CCCNCC1CCC1N1CCN(CC(C)C)CC1. The molecule has 0 aromatic carbocycles. The Morgan fingerprint density at radius 2 is 1.84 bits per heavy atom. The zero-order valence-electron chi connectivity index (χ0n) is 13.2. The normalized spacial score (nSPS) is 29.7. The Balaban J connectivity index is 1.66.